The maximum Gasteiger partial charge on any atom is 0.329 e. The predicted octanol–water partition coefficient (Wildman–Crippen LogP) is 6.93. The number of imide groups is 1. The highest BCUT2D eigenvalue weighted by Crippen LogP contribution is 2.34. The van der Waals surface area contributed by atoms with E-state index in [-0.39, 0.29) is 23.9 Å². The number of piperidine rings is 3. The number of rotatable bonds is 10. The van der Waals surface area contributed by atoms with E-state index >= 15 is 0 Å². The molecule has 1 atom stereocenters. The van der Waals surface area contributed by atoms with Crippen LogP contribution in [0.4, 0.5) is 0 Å². The van der Waals surface area contributed by atoms with Gasteiger partial charge in [0.25, 0.3) is 5.91 Å². The highest BCUT2D eigenvalue weighted by atomic mass is 16.2. The monoisotopic (exact) mass is 883 g/mol. The molecule has 15 heteroatoms. The van der Waals surface area contributed by atoms with E-state index < -0.39 is 11.9 Å². The van der Waals surface area contributed by atoms with Crippen molar-refractivity contribution in [3.63, 3.8) is 0 Å². The first-order valence-corrected chi connectivity index (χ1v) is 23.2. The first kappa shape index (κ1) is 41.6. The summed E-state index contributed by atoms with van der Waals surface area (Å²) in [4.78, 5) is 60.5. The number of pyridine rings is 1. The van der Waals surface area contributed by atoms with Gasteiger partial charge in [-0.2, -0.15) is 10.2 Å². The van der Waals surface area contributed by atoms with Gasteiger partial charge in [0.15, 0.2) is 0 Å². The summed E-state index contributed by atoms with van der Waals surface area (Å²) in [6.45, 7) is 5.19. The van der Waals surface area contributed by atoms with Gasteiger partial charge in [-0.15, -0.1) is 0 Å². The fourth-order valence-corrected chi connectivity index (χ4v) is 10.7. The number of aromatic nitrogens is 8. The summed E-state index contributed by atoms with van der Waals surface area (Å²) >= 11 is 0. The second kappa shape index (κ2) is 17.0. The normalized spacial score (nSPS) is 18.0. The molecule has 8 aromatic rings. The number of nitrogens with zero attached hydrogens (tertiary/aromatic N) is 9. The van der Waals surface area contributed by atoms with Crippen LogP contribution in [-0.4, -0.2) is 92.4 Å². The van der Waals surface area contributed by atoms with Gasteiger partial charge in [0, 0.05) is 86.7 Å². The van der Waals surface area contributed by atoms with E-state index in [0.717, 1.165) is 110 Å². The van der Waals surface area contributed by atoms with Crippen molar-refractivity contribution in [1.29, 1.82) is 0 Å². The summed E-state index contributed by atoms with van der Waals surface area (Å²) < 4.78 is 7.26. The third kappa shape index (κ3) is 7.70. The van der Waals surface area contributed by atoms with E-state index in [1.165, 1.54) is 26.8 Å². The van der Waals surface area contributed by atoms with Crippen molar-refractivity contribution in [3.8, 4) is 22.3 Å². The lowest BCUT2D eigenvalue weighted by Gasteiger charge is -2.33. The van der Waals surface area contributed by atoms with Gasteiger partial charge < -0.3 is 9.47 Å². The molecule has 3 fully saturated rings. The minimum Gasteiger partial charge on any atom is -0.339 e. The van der Waals surface area contributed by atoms with Gasteiger partial charge in [0.05, 0.1) is 28.9 Å². The number of H-pyrrole nitrogens is 1. The lowest BCUT2D eigenvalue weighted by Crippen LogP contribution is -2.44. The van der Waals surface area contributed by atoms with Crippen LogP contribution in [0.5, 0.6) is 0 Å². The molecule has 2 N–H and O–H groups in total. The van der Waals surface area contributed by atoms with Gasteiger partial charge in [-0.25, -0.2) is 9.78 Å². The molecular formula is C51H53N11O4. The molecule has 3 aromatic carbocycles. The molecule has 3 saturated heterocycles. The van der Waals surface area contributed by atoms with Crippen LogP contribution >= 0.6 is 0 Å². The molecule has 0 aliphatic carbocycles. The van der Waals surface area contributed by atoms with Crippen molar-refractivity contribution < 1.29 is 14.4 Å². The first-order chi connectivity index (χ1) is 32.1. The molecule has 3 amide bonds. The molecule has 0 saturated carbocycles. The molecule has 5 aromatic heterocycles. The molecule has 3 aliphatic heterocycles. The quantitative estimate of drug-likeness (QED) is 0.140. The molecule has 0 radical (unpaired) electrons. The molecule has 3 aliphatic rings. The van der Waals surface area contributed by atoms with Crippen LogP contribution in [0, 0.1) is 5.92 Å². The number of hydrogen-bond acceptors (Lipinski definition) is 8. The molecule has 8 heterocycles. The van der Waals surface area contributed by atoms with Crippen molar-refractivity contribution in [2.75, 3.05) is 26.2 Å². The van der Waals surface area contributed by atoms with Crippen LogP contribution in [0.2, 0.25) is 0 Å². The number of benzene rings is 3. The third-order valence-electron chi connectivity index (χ3n) is 14.6. The predicted molar refractivity (Wildman–Crippen MR) is 253 cm³/mol. The second-order valence-corrected chi connectivity index (χ2v) is 18.5. The Morgan fingerprint density at radius 2 is 1.59 bits per heavy atom. The van der Waals surface area contributed by atoms with Crippen LogP contribution in [0.15, 0.2) is 102 Å². The molecule has 66 heavy (non-hydrogen) atoms. The number of carbonyl (C=O) groups excluding carboxylic acids is 3. The first-order valence-electron chi connectivity index (χ1n) is 23.2. The summed E-state index contributed by atoms with van der Waals surface area (Å²) in [6.07, 6.45) is 13.2. The SMILES string of the molecule is Cn1c(CN2CCC(c3ccc(C(=O)N4CCC(CCn5cc(-c6ccc7c(c6)n(C)c(=O)n7C6CCC(=O)NC6=O)cn5)CC4)cc3)CC2)cc2c(-c3ccc4[nH]ncc4c3)ccnc21. The van der Waals surface area contributed by atoms with Gasteiger partial charge in [-0.1, -0.05) is 24.3 Å². The summed E-state index contributed by atoms with van der Waals surface area (Å²) in [7, 11) is 3.82. The molecule has 1 unspecified atom stereocenters. The average molecular weight is 884 g/mol. The lowest BCUT2D eigenvalue weighted by molar-refractivity contribution is -0.135. The number of aryl methyl sites for hydroxylation is 3. The van der Waals surface area contributed by atoms with Crippen LogP contribution < -0.4 is 11.0 Å². The molecule has 336 valence electrons. The van der Waals surface area contributed by atoms with Crippen molar-refractivity contribution >= 4 is 50.7 Å². The summed E-state index contributed by atoms with van der Waals surface area (Å²) in [5.74, 6) is 0.340. The van der Waals surface area contributed by atoms with Gasteiger partial charge in [0.1, 0.15) is 11.7 Å². The Balaban J connectivity index is 0.653. The van der Waals surface area contributed by atoms with Crippen LogP contribution in [0.1, 0.15) is 78.5 Å². The largest absolute Gasteiger partial charge is 0.339 e. The molecule has 0 bridgehead atoms. The van der Waals surface area contributed by atoms with E-state index in [1.54, 1.807) is 11.6 Å². The number of aromatic amines is 1. The second-order valence-electron chi connectivity index (χ2n) is 18.5. The fourth-order valence-electron chi connectivity index (χ4n) is 10.7. The Bertz CT molecular complexity index is 3210. The fraction of sp³-hybridized carbons (Fsp3) is 0.353. The minimum absolute atomic E-state index is 0.114. The van der Waals surface area contributed by atoms with Crippen molar-refractivity contribution in [3.05, 3.63) is 125 Å². The molecule has 0 spiro atoms. The number of hydrogen-bond donors (Lipinski definition) is 2. The van der Waals surface area contributed by atoms with Crippen molar-refractivity contribution in [2.24, 2.45) is 20.0 Å². The summed E-state index contributed by atoms with van der Waals surface area (Å²) in [5, 5.41) is 16.5. The smallest absolute Gasteiger partial charge is 0.329 e. The maximum absolute atomic E-state index is 13.6. The van der Waals surface area contributed by atoms with E-state index in [1.807, 2.05) is 64.7 Å². The molecular weight excluding hydrogens is 831 g/mol. The van der Waals surface area contributed by atoms with Gasteiger partial charge in [0.2, 0.25) is 11.8 Å². The number of carbonyl (C=O) groups is 3. The highest BCUT2D eigenvalue weighted by Gasteiger charge is 2.32. The zero-order chi connectivity index (χ0) is 45.1. The Labute approximate surface area is 381 Å². The maximum atomic E-state index is 13.6. The Kier molecular flexibility index (Phi) is 10.7. The standard InChI is InChI=1S/C51H53N11O4/c1-57-40(27-42-41(13-19-52-48(42)57)37-7-9-43-38(25-37)28-53-56-43)31-59-20-17-34(18-21-59)33-3-5-35(6-4-33)50(65)60-22-14-32(15-23-60)16-24-61-30-39(29-54-61)36-8-10-44-46(26-36)58(2)51(66)62(44)45-11-12-47(63)55-49(45)64/h3-10,13,19,25-30,32,34,45H,11-12,14-18,20-24,31H2,1-2H3,(H,53,56)(H,55,63,64). The summed E-state index contributed by atoms with van der Waals surface area (Å²) in [6, 6.07) is 24.3. The lowest BCUT2D eigenvalue weighted by atomic mass is 9.88. The van der Waals surface area contributed by atoms with E-state index in [2.05, 4.69) is 79.6 Å². The number of likely N-dealkylation sites (tertiary alicyclic amines) is 2. The zero-order valence-electron chi connectivity index (χ0n) is 37.3. The van der Waals surface area contributed by atoms with Crippen LogP contribution in [0.25, 0.3) is 55.2 Å². The minimum atomic E-state index is -0.719. The molecule has 15 nitrogen and oxygen atoms in total. The number of amides is 3. The number of nitrogens with one attached hydrogen (secondary N) is 2. The van der Waals surface area contributed by atoms with E-state index in [4.69, 9.17) is 4.98 Å². The Morgan fingerprint density at radius 3 is 2.39 bits per heavy atom. The van der Waals surface area contributed by atoms with Gasteiger partial charge in [-0.3, -0.25) is 43.5 Å². The number of imidazole rings is 1. The van der Waals surface area contributed by atoms with Crippen molar-refractivity contribution in [1.82, 2.24) is 53.8 Å². The third-order valence-corrected chi connectivity index (χ3v) is 14.6. The van der Waals surface area contributed by atoms with Gasteiger partial charge >= 0.3 is 5.69 Å². The van der Waals surface area contributed by atoms with E-state index in [9.17, 15) is 19.2 Å². The zero-order valence-corrected chi connectivity index (χ0v) is 37.3. The molecule has 11 rings (SSSR count). The highest BCUT2D eigenvalue weighted by molar-refractivity contribution is 6.00. The number of fused-ring (bicyclic) bond motifs is 3. The Hall–Kier alpha value is -7.13. The topological polar surface area (TPSA) is 161 Å². The van der Waals surface area contributed by atoms with Crippen LogP contribution in [-0.2, 0) is 36.8 Å². The van der Waals surface area contributed by atoms with E-state index in [0.29, 0.717) is 29.3 Å². The summed E-state index contributed by atoms with van der Waals surface area (Å²) in [5.41, 5.74) is 10.7. The Morgan fingerprint density at radius 1 is 0.788 bits per heavy atom. The van der Waals surface area contributed by atoms with Crippen molar-refractivity contribution in [2.45, 2.75) is 70.0 Å². The van der Waals surface area contributed by atoms with Crippen LogP contribution in [0.3, 0.4) is 0 Å². The van der Waals surface area contributed by atoms with Gasteiger partial charge in [-0.05, 0) is 134 Å². The average Bonchev–Trinajstić information content (AvgIpc) is 4.14.